The smallest absolute Gasteiger partial charge is 0.337 e. The molecule has 1 unspecified atom stereocenters. The van der Waals surface area contributed by atoms with E-state index in [0.717, 1.165) is 49.3 Å². The lowest BCUT2D eigenvalue weighted by Crippen LogP contribution is -2.42. The molecule has 2 aromatic carbocycles. The topological polar surface area (TPSA) is 88.7 Å². The molecule has 188 valence electrons. The number of carbonyl (C=O) groups is 1. The van der Waals surface area contributed by atoms with Crippen LogP contribution in [0.25, 0.3) is 11.0 Å². The van der Waals surface area contributed by atoms with Crippen molar-refractivity contribution in [2.45, 2.75) is 45.3 Å². The molecule has 1 fully saturated rings. The third-order valence-electron chi connectivity index (χ3n) is 6.97. The fourth-order valence-electron chi connectivity index (χ4n) is 4.89. The lowest BCUT2D eigenvalue weighted by atomic mass is 9.96. The molecular weight excluding hydrogens is 444 g/mol. The number of ether oxygens (including phenoxy) is 1. The van der Waals surface area contributed by atoms with Crippen LogP contribution in [-0.4, -0.2) is 58.5 Å². The number of nitrogens with one attached hydrogen (secondary N) is 1. The van der Waals surface area contributed by atoms with Gasteiger partial charge in [-0.2, -0.15) is 0 Å². The second-order valence-electron chi connectivity index (χ2n) is 9.62. The van der Waals surface area contributed by atoms with E-state index in [1.54, 1.807) is 11.7 Å². The Kier molecular flexibility index (Phi) is 7.93. The van der Waals surface area contributed by atoms with Gasteiger partial charge in [0.25, 0.3) is 0 Å². The Labute approximate surface area is 206 Å². The van der Waals surface area contributed by atoms with Gasteiger partial charge in [-0.25, -0.2) is 14.2 Å². The van der Waals surface area contributed by atoms with Crippen molar-refractivity contribution in [2.75, 3.05) is 33.3 Å². The van der Waals surface area contributed by atoms with Gasteiger partial charge in [-0.3, -0.25) is 4.57 Å². The van der Waals surface area contributed by atoms with E-state index in [-0.39, 0.29) is 17.8 Å². The highest BCUT2D eigenvalue weighted by atomic mass is 16.5. The average molecular weight is 481 g/mol. The third kappa shape index (κ3) is 5.60. The first-order valence-corrected chi connectivity index (χ1v) is 12.4. The fraction of sp³-hybridized carbons (Fsp3) is 0.481. The van der Waals surface area contributed by atoms with Crippen molar-refractivity contribution in [2.24, 2.45) is 5.92 Å². The Bertz CT molecular complexity index is 1190. The number of hydrogen-bond donors (Lipinski definition) is 2. The summed E-state index contributed by atoms with van der Waals surface area (Å²) in [5, 5.41) is 13.5. The van der Waals surface area contributed by atoms with Crippen LogP contribution >= 0.6 is 0 Å². The maximum atomic E-state index is 13.0. The number of amides is 1. The van der Waals surface area contributed by atoms with Gasteiger partial charge in [0, 0.05) is 19.1 Å². The Morgan fingerprint density at radius 1 is 1.09 bits per heavy atom. The summed E-state index contributed by atoms with van der Waals surface area (Å²) in [5.41, 5.74) is 2.00. The molecule has 8 heteroatoms. The Balaban J connectivity index is 1.26. The first-order valence-electron chi connectivity index (χ1n) is 12.4. The van der Waals surface area contributed by atoms with Gasteiger partial charge in [-0.05, 0) is 81.9 Å². The summed E-state index contributed by atoms with van der Waals surface area (Å²) in [6.45, 7) is 7.13. The number of aromatic nitrogens is 2. The van der Waals surface area contributed by atoms with Gasteiger partial charge >= 0.3 is 11.7 Å². The average Bonchev–Trinajstić information content (AvgIpc) is 3.18. The summed E-state index contributed by atoms with van der Waals surface area (Å²) in [4.78, 5) is 28.3. The van der Waals surface area contributed by atoms with E-state index in [1.165, 1.54) is 4.57 Å². The number of rotatable bonds is 8. The zero-order valence-corrected chi connectivity index (χ0v) is 20.8. The number of para-hydroxylation sites is 2. The van der Waals surface area contributed by atoms with Crippen molar-refractivity contribution in [1.82, 2.24) is 19.4 Å². The van der Waals surface area contributed by atoms with Crippen LogP contribution < -0.4 is 15.7 Å². The highest BCUT2D eigenvalue weighted by Crippen LogP contribution is 2.23. The number of aliphatic hydroxyl groups excluding tert-OH is 1. The Hall–Kier alpha value is -3.10. The number of benzene rings is 2. The SMILES string of the molecule is COc1ccc(C(O)CCN2CCC(CNC(=O)n3c(=O)n(C(C)C)c4ccccc43)CC2)cc1. The number of aliphatic hydroxyl groups is 1. The van der Waals surface area contributed by atoms with Crippen LogP contribution in [-0.2, 0) is 0 Å². The van der Waals surface area contributed by atoms with Gasteiger partial charge in [0.2, 0.25) is 0 Å². The molecule has 0 radical (unpaired) electrons. The molecule has 2 N–H and O–H groups in total. The Morgan fingerprint density at radius 2 is 1.74 bits per heavy atom. The third-order valence-corrected chi connectivity index (χ3v) is 6.97. The summed E-state index contributed by atoms with van der Waals surface area (Å²) >= 11 is 0. The standard InChI is InChI=1S/C27H36N4O4/c1-19(2)30-23-6-4-5-7-24(23)31(27(30)34)26(33)28-18-20-12-15-29(16-13-20)17-14-25(32)21-8-10-22(35-3)11-9-21/h4-11,19-20,25,32H,12-18H2,1-3H3,(H,28,33). The second-order valence-corrected chi connectivity index (χ2v) is 9.62. The molecule has 1 aliphatic rings. The molecule has 3 aromatic rings. The summed E-state index contributed by atoms with van der Waals surface area (Å²) < 4.78 is 8.09. The Morgan fingerprint density at radius 3 is 2.37 bits per heavy atom. The zero-order valence-electron chi connectivity index (χ0n) is 20.8. The zero-order chi connectivity index (χ0) is 24.9. The first-order chi connectivity index (χ1) is 16.9. The molecule has 1 amide bonds. The summed E-state index contributed by atoms with van der Waals surface area (Å²) in [5.74, 6) is 1.15. The maximum Gasteiger partial charge on any atom is 0.337 e. The number of nitrogens with zero attached hydrogens (tertiary/aromatic N) is 3. The molecule has 4 rings (SSSR count). The highest BCUT2D eigenvalue weighted by molar-refractivity contribution is 5.89. The maximum absolute atomic E-state index is 13.0. The number of fused-ring (bicyclic) bond motifs is 1. The molecule has 1 aliphatic heterocycles. The molecule has 1 saturated heterocycles. The van der Waals surface area contributed by atoms with Gasteiger partial charge in [0.05, 0.1) is 24.2 Å². The number of imidazole rings is 1. The van der Waals surface area contributed by atoms with Crippen LogP contribution in [0.15, 0.2) is 53.3 Å². The van der Waals surface area contributed by atoms with Gasteiger partial charge in [-0.1, -0.05) is 24.3 Å². The van der Waals surface area contributed by atoms with Gasteiger partial charge in [-0.15, -0.1) is 0 Å². The fourth-order valence-corrected chi connectivity index (χ4v) is 4.89. The summed E-state index contributed by atoms with van der Waals surface area (Å²) in [7, 11) is 1.63. The van der Waals surface area contributed by atoms with Crippen molar-refractivity contribution in [3.8, 4) is 5.75 Å². The molecule has 2 heterocycles. The van der Waals surface area contributed by atoms with Crippen molar-refractivity contribution >= 4 is 17.1 Å². The van der Waals surface area contributed by atoms with Crippen LogP contribution in [0, 0.1) is 5.92 Å². The number of hydrogen-bond acceptors (Lipinski definition) is 5. The molecule has 0 bridgehead atoms. The second kappa shape index (κ2) is 11.1. The van der Waals surface area contributed by atoms with Crippen LogP contribution in [0.4, 0.5) is 4.79 Å². The minimum Gasteiger partial charge on any atom is -0.497 e. The van der Waals surface area contributed by atoms with Crippen molar-refractivity contribution < 1.29 is 14.6 Å². The van der Waals surface area contributed by atoms with Crippen molar-refractivity contribution in [3.63, 3.8) is 0 Å². The lowest BCUT2D eigenvalue weighted by Gasteiger charge is -2.32. The normalized spacial score (nSPS) is 16.0. The van der Waals surface area contributed by atoms with Crippen molar-refractivity contribution in [3.05, 3.63) is 64.6 Å². The van der Waals surface area contributed by atoms with Crippen molar-refractivity contribution in [1.29, 1.82) is 0 Å². The molecule has 0 saturated carbocycles. The summed E-state index contributed by atoms with van der Waals surface area (Å²) in [6.07, 6.45) is 2.13. The van der Waals surface area contributed by atoms with E-state index in [2.05, 4.69) is 10.2 Å². The predicted molar refractivity (Wildman–Crippen MR) is 137 cm³/mol. The van der Waals surface area contributed by atoms with E-state index in [0.29, 0.717) is 24.4 Å². The van der Waals surface area contributed by atoms with E-state index >= 15 is 0 Å². The minimum atomic E-state index is -0.496. The van der Waals surface area contributed by atoms with Gasteiger partial charge in [0.1, 0.15) is 5.75 Å². The molecule has 1 atom stereocenters. The first kappa shape index (κ1) is 25.0. The van der Waals surface area contributed by atoms with E-state index in [9.17, 15) is 14.7 Å². The number of carbonyl (C=O) groups excluding carboxylic acids is 1. The molecule has 1 aromatic heterocycles. The van der Waals surface area contributed by atoms with E-state index < -0.39 is 6.10 Å². The molecule has 0 aliphatic carbocycles. The number of likely N-dealkylation sites (tertiary alicyclic amines) is 1. The quantitative estimate of drug-likeness (QED) is 0.512. The highest BCUT2D eigenvalue weighted by Gasteiger charge is 2.23. The van der Waals surface area contributed by atoms with E-state index in [4.69, 9.17) is 4.74 Å². The number of methoxy groups -OCH3 is 1. The molecule has 35 heavy (non-hydrogen) atoms. The molecule has 8 nitrogen and oxygen atoms in total. The van der Waals surface area contributed by atoms with Crippen LogP contribution in [0.5, 0.6) is 5.75 Å². The molecular formula is C27H36N4O4. The number of piperidine rings is 1. The van der Waals surface area contributed by atoms with Gasteiger partial charge < -0.3 is 20.1 Å². The minimum absolute atomic E-state index is 0.0333. The summed E-state index contributed by atoms with van der Waals surface area (Å²) in [6, 6.07) is 14.6. The lowest BCUT2D eigenvalue weighted by molar-refractivity contribution is 0.123. The van der Waals surface area contributed by atoms with Crippen LogP contribution in [0.2, 0.25) is 0 Å². The van der Waals surface area contributed by atoms with E-state index in [1.807, 2.05) is 62.4 Å². The van der Waals surface area contributed by atoms with Gasteiger partial charge in [0.15, 0.2) is 0 Å². The monoisotopic (exact) mass is 480 g/mol. The predicted octanol–water partition coefficient (Wildman–Crippen LogP) is 3.79. The largest absolute Gasteiger partial charge is 0.497 e. The van der Waals surface area contributed by atoms with Crippen LogP contribution in [0.3, 0.4) is 0 Å². The van der Waals surface area contributed by atoms with Crippen LogP contribution in [0.1, 0.15) is 50.8 Å². The molecule has 0 spiro atoms.